The summed E-state index contributed by atoms with van der Waals surface area (Å²) in [5.74, 6) is 0.613. The molecule has 0 amide bonds. The van der Waals surface area contributed by atoms with E-state index in [1.54, 1.807) is 7.11 Å². The van der Waals surface area contributed by atoms with Crippen LogP contribution in [-0.4, -0.2) is 64.5 Å². The summed E-state index contributed by atoms with van der Waals surface area (Å²) < 4.78 is 44.3. The average molecular weight is 656 g/mol. The number of halogens is 2. The van der Waals surface area contributed by atoms with Gasteiger partial charge in [-0.1, -0.05) is 12.0 Å². The Morgan fingerprint density at radius 3 is 2.46 bits per heavy atom. The van der Waals surface area contributed by atoms with Crippen LogP contribution in [0.1, 0.15) is 56.9 Å². The Labute approximate surface area is 275 Å². The highest BCUT2D eigenvalue weighted by Gasteiger charge is 2.49. The van der Waals surface area contributed by atoms with Crippen molar-refractivity contribution in [3.8, 4) is 35.2 Å². The van der Waals surface area contributed by atoms with Crippen LogP contribution in [0.2, 0.25) is 0 Å². The molecule has 0 unspecified atom stereocenters. The van der Waals surface area contributed by atoms with Crippen LogP contribution in [0.25, 0.3) is 32.8 Å². The zero-order chi connectivity index (χ0) is 33.4. The second-order valence-electron chi connectivity index (χ2n) is 13.9. The second-order valence-corrected chi connectivity index (χ2v) is 13.9. The predicted molar refractivity (Wildman–Crippen MR) is 176 cm³/mol. The molecule has 9 rings (SSSR count). The minimum atomic E-state index is -1.01. The maximum absolute atomic E-state index is 17.2. The largest absolute Gasteiger partial charge is 0.508 e. The Hall–Kier alpha value is -4.60. The van der Waals surface area contributed by atoms with Gasteiger partial charge in [0.1, 0.15) is 22.9 Å². The fourth-order valence-electron chi connectivity index (χ4n) is 8.59. The third-order valence-electron chi connectivity index (χ3n) is 11.3. The number of anilines is 1. The third-order valence-corrected chi connectivity index (χ3v) is 11.3. The molecule has 2 saturated heterocycles. The first-order valence-corrected chi connectivity index (χ1v) is 16.4. The number of fused-ring (bicyclic) bond motifs is 7. The smallest absolute Gasteiger partial charge is 0.319 e. The molecule has 248 valence electrons. The summed E-state index contributed by atoms with van der Waals surface area (Å²) >= 11 is 0. The SMILES string of the molecule is C#Cc1c(F)ccc2cc(O)cc(-c3c([N+](=O)[O-])cc4c(N5C[C@H]6CC[C@@H](C5)N6)nc(OCC56CCC(OC)(CC5)CC6)nc4c3F)c12. The van der Waals surface area contributed by atoms with E-state index in [-0.39, 0.29) is 62.3 Å². The lowest BCUT2D eigenvalue weighted by Gasteiger charge is -2.52. The van der Waals surface area contributed by atoms with Crippen molar-refractivity contribution < 1.29 is 28.3 Å². The number of aromatic nitrogens is 2. The topological polar surface area (TPSA) is 123 Å². The van der Waals surface area contributed by atoms with Crippen LogP contribution < -0.4 is 15.0 Å². The van der Waals surface area contributed by atoms with Crippen molar-refractivity contribution in [3.63, 3.8) is 0 Å². The van der Waals surface area contributed by atoms with Gasteiger partial charge in [-0.3, -0.25) is 10.1 Å². The van der Waals surface area contributed by atoms with Crippen molar-refractivity contribution in [2.75, 3.05) is 31.7 Å². The molecule has 3 saturated carbocycles. The number of methoxy groups -OCH3 is 1. The molecule has 0 radical (unpaired) electrons. The number of benzene rings is 3. The Morgan fingerprint density at radius 2 is 1.81 bits per heavy atom. The lowest BCUT2D eigenvalue weighted by molar-refractivity contribution is -0.384. The molecule has 1 aromatic heterocycles. The summed E-state index contributed by atoms with van der Waals surface area (Å²) in [5.41, 5.74) is -1.65. The van der Waals surface area contributed by atoms with Crippen LogP contribution in [0.4, 0.5) is 20.3 Å². The van der Waals surface area contributed by atoms with Gasteiger partial charge in [0.05, 0.1) is 33.6 Å². The number of hydrogen-bond donors (Lipinski definition) is 2. The number of terminal acetylenes is 1. The number of nitro groups is 1. The van der Waals surface area contributed by atoms with Gasteiger partial charge < -0.3 is 24.8 Å². The lowest BCUT2D eigenvalue weighted by Crippen LogP contribution is -2.51. The molecule has 3 aliphatic carbocycles. The number of phenols is 1. The van der Waals surface area contributed by atoms with Crippen molar-refractivity contribution in [1.82, 2.24) is 15.3 Å². The van der Waals surface area contributed by atoms with Gasteiger partial charge in [0.25, 0.3) is 5.69 Å². The molecule has 5 aliphatic rings. The molecule has 2 aliphatic heterocycles. The van der Waals surface area contributed by atoms with Crippen LogP contribution in [0, 0.1) is 39.5 Å². The monoisotopic (exact) mass is 655 g/mol. The number of aromatic hydroxyl groups is 1. The second kappa shape index (κ2) is 11.2. The first-order chi connectivity index (χ1) is 23.1. The molecular formula is C36H35F2N5O5. The minimum Gasteiger partial charge on any atom is -0.508 e. The van der Waals surface area contributed by atoms with Crippen molar-refractivity contribution in [2.45, 2.75) is 69.1 Å². The lowest BCUT2D eigenvalue weighted by atomic mass is 9.59. The highest BCUT2D eigenvalue weighted by atomic mass is 19.1. The highest BCUT2D eigenvalue weighted by Crippen LogP contribution is 2.54. The molecule has 2 atom stereocenters. The van der Waals surface area contributed by atoms with Crippen LogP contribution in [0.5, 0.6) is 11.8 Å². The Kier molecular flexibility index (Phi) is 7.19. The van der Waals surface area contributed by atoms with Gasteiger partial charge in [0.2, 0.25) is 0 Å². The van der Waals surface area contributed by atoms with Crippen LogP contribution in [0.15, 0.2) is 30.3 Å². The van der Waals surface area contributed by atoms with Crippen LogP contribution in [0.3, 0.4) is 0 Å². The van der Waals surface area contributed by atoms with Crippen molar-refractivity contribution in [1.29, 1.82) is 0 Å². The normalized spacial score (nSPS) is 26.2. The van der Waals surface area contributed by atoms with Crippen molar-refractivity contribution in [2.24, 2.45) is 5.41 Å². The first-order valence-electron chi connectivity index (χ1n) is 16.4. The molecule has 0 spiro atoms. The fraction of sp³-hybridized carbons (Fsp3) is 0.444. The number of hydrogen-bond acceptors (Lipinski definition) is 9. The van der Waals surface area contributed by atoms with E-state index in [1.165, 1.54) is 24.3 Å². The van der Waals surface area contributed by atoms with Gasteiger partial charge in [-0.2, -0.15) is 9.97 Å². The summed E-state index contributed by atoms with van der Waals surface area (Å²) in [5, 5.41) is 27.4. The number of piperazine rings is 1. The number of phenolic OH excluding ortho intramolecular Hbond substituents is 1. The van der Waals surface area contributed by atoms with E-state index in [9.17, 15) is 19.6 Å². The zero-order valence-corrected chi connectivity index (χ0v) is 26.5. The van der Waals surface area contributed by atoms with E-state index < -0.39 is 27.8 Å². The van der Waals surface area contributed by atoms with Crippen molar-refractivity contribution >= 4 is 33.2 Å². The van der Waals surface area contributed by atoms with Gasteiger partial charge in [-0.15, -0.1) is 6.42 Å². The fourth-order valence-corrected chi connectivity index (χ4v) is 8.59. The molecule has 2 N–H and O–H groups in total. The van der Waals surface area contributed by atoms with E-state index in [4.69, 9.17) is 20.9 Å². The van der Waals surface area contributed by atoms with Gasteiger partial charge in [0.15, 0.2) is 5.82 Å². The van der Waals surface area contributed by atoms with Crippen molar-refractivity contribution in [3.05, 3.63) is 57.6 Å². The molecule has 12 heteroatoms. The molecule has 48 heavy (non-hydrogen) atoms. The number of rotatable bonds is 7. The van der Waals surface area contributed by atoms with E-state index in [2.05, 4.69) is 16.2 Å². The average Bonchev–Trinajstić information content (AvgIpc) is 3.44. The number of nitrogens with one attached hydrogen (secondary N) is 1. The number of nitro benzene ring substituents is 1. The van der Waals surface area contributed by atoms with E-state index >= 15 is 4.39 Å². The summed E-state index contributed by atoms with van der Waals surface area (Å²) in [6.07, 6.45) is 13.3. The highest BCUT2D eigenvalue weighted by molar-refractivity contribution is 6.06. The zero-order valence-electron chi connectivity index (χ0n) is 26.5. The Morgan fingerprint density at radius 1 is 1.10 bits per heavy atom. The van der Waals surface area contributed by atoms with Gasteiger partial charge >= 0.3 is 6.01 Å². The maximum Gasteiger partial charge on any atom is 0.319 e. The van der Waals surface area contributed by atoms with Gasteiger partial charge in [-0.25, -0.2) is 8.78 Å². The molecule has 3 aromatic carbocycles. The molecule has 3 heterocycles. The molecule has 4 bridgehead atoms. The van der Waals surface area contributed by atoms with Crippen LogP contribution in [-0.2, 0) is 4.74 Å². The van der Waals surface area contributed by atoms with Gasteiger partial charge in [0, 0.05) is 54.7 Å². The van der Waals surface area contributed by atoms with E-state index in [0.29, 0.717) is 30.9 Å². The summed E-state index contributed by atoms with van der Waals surface area (Å²) in [6, 6.07) is 6.71. The minimum absolute atomic E-state index is 0.0123. The standard InChI is InChI=1S/C36H35F2N5O5/c1-3-24-27(37)7-4-20-14-23(44)15-25(29(20)24)30-28(43(45)46)16-26-32(31(30)38)40-34(41-33(26)42-17-21-5-6-22(18-42)39-21)48-19-35-8-11-36(47-2,12-9-35)13-10-35/h1,4,7,14-16,21-22,39,44H,5-6,8-13,17-19H2,2H3/t21-,22+,35?,36?. The van der Waals surface area contributed by atoms with E-state index in [1.807, 2.05) is 4.90 Å². The Bertz CT molecular complexity index is 2010. The summed E-state index contributed by atoms with van der Waals surface area (Å²) in [4.78, 5) is 23.3. The molecule has 10 nitrogen and oxygen atoms in total. The molecule has 5 fully saturated rings. The summed E-state index contributed by atoms with van der Waals surface area (Å²) in [7, 11) is 1.78. The maximum atomic E-state index is 17.2. The van der Waals surface area contributed by atoms with Gasteiger partial charge in [-0.05, 0) is 75.0 Å². The quantitative estimate of drug-likeness (QED) is 0.133. The molecule has 4 aromatic rings. The van der Waals surface area contributed by atoms with E-state index in [0.717, 1.165) is 57.4 Å². The summed E-state index contributed by atoms with van der Waals surface area (Å²) in [6.45, 7) is 1.53. The molecular weight excluding hydrogens is 620 g/mol. The predicted octanol–water partition coefficient (Wildman–Crippen LogP) is 6.38. The number of nitrogens with zero attached hydrogens (tertiary/aromatic N) is 4. The number of ether oxygens (including phenoxy) is 2. The third kappa shape index (κ3) is 4.90. The first kappa shape index (κ1) is 30.7. The van der Waals surface area contributed by atoms with Crippen LogP contribution >= 0.6 is 0 Å². The Balaban J connectivity index is 1.31.